The van der Waals surface area contributed by atoms with Crippen LogP contribution >= 0.6 is 15.9 Å². The predicted molar refractivity (Wildman–Crippen MR) is 54.8 cm³/mol. The van der Waals surface area contributed by atoms with Crippen LogP contribution in [0.15, 0.2) is 22.7 Å². The summed E-state index contributed by atoms with van der Waals surface area (Å²) in [5.41, 5.74) is 1.29. The Balaban J connectivity index is 3.14. The Labute approximate surface area is 81.9 Å². The molecular formula is C10H13BrO. The number of ether oxygens (including phenoxy) is 1. The molecule has 0 aliphatic heterocycles. The smallest absolute Gasteiger partial charge is 0.133 e. The van der Waals surface area contributed by atoms with E-state index in [-0.39, 0.29) is 0 Å². The van der Waals surface area contributed by atoms with Crippen LogP contribution in [0.5, 0.6) is 5.75 Å². The average Bonchev–Trinajstić information content (AvgIpc) is 2.04. The van der Waals surface area contributed by atoms with E-state index in [1.807, 2.05) is 12.1 Å². The Kier molecular flexibility index (Phi) is 3.15. The number of benzene rings is 1. The van der Waals surface area contributed by atoms with Gasteiger partial charge in [-0.2, -0.15) is 0 Å². The molecule has 12 heavy (non-hydrogen) atoms. The van der Waals surface area contributed by atoms with E-state index in [1.54, 1.807) is 7.11 Å². The summed E-state index contributed by atoms with van der Waals surface area (Å²) < 4.78 is 6.26. The first-order valence-electron chi connectivity index (χ1n) is 3.99. The fourth-order valence-electron chi connectivity index (χ4n) is 1.13. The zero-order valence-electron chi connectivity index (χ0n) is 7.60. The first kappa shape index (κ1) is 9.59. The van der Waals surface area contributed by atoms with Crippen LogP contribution in [-0.4, -0.2) is 7.11 Å². The molecule has 2 heteroatoms. The minimum absolute atomic E-state index is 0.523. The summed E-state index contributed by atoms with van der Waals surface area (Å²) in [4.78, 5) is 0. The number of halogens is 1. The van der Waals surface area contributed by atoms with Crippen LogP contribution in [0.25, 0.3) is 0 Å². The molecule has 0 fully saturated rings. The second-order valence-electron chi connectivity index (χ2n) is 3.02. The predicted octanol–water partition coefficient (Wildman–Crippen LogP) is 3.58. The van der Waals surface area contributed by atoms with Crippen LogP contribution in [0, 0.1) is 0 Å². The number of hydrogen-bond donors (Lipinski definition) is 0. The minimum atomic E-state index is 0.523. The summed E-state index contributed by atoms with van der Waals surface area (Å²) in [6, 6.07) is 6.08. The monoisotopic (exact) mass is 228 g/mol. The Morgan fingerprint density at radius 1 is 1.33 bits per heavy atom. The second kappa shape index (κ2) is 3.94. The Bertz CT molecular complexity index is 269. The van der Waals surface area contributed by atoms with Crippen molar-refractivity contribution in [2.24, 2.45) is 0 Å². The van der Waals surface area contributed by atoms with Gasteiger partial charge < -0.3 is 4.74 Å². The van der Waals surface area contributed by atoms with Crippen molar-refractivity contribution in [3.05, 3.63) is 28.2 Å². The van der Waals surface area contributed by atoms with E-state index in [0.717, 1.165) is 10.2 Å². The number of hydrogen-bond acceptors (Lipinski definition) is 1. The molecule has 0 amide bonds. The van der Waals surface area contributed by atoms with Crippen LogP contribution in [0.1, 0.15) is 25.3 Å². The van der Waals surface area contributed by atoms with E-state index in [1.165, 1.54) is 5.56 Å². The fraction of sp³-hybridized carbons (Fsp3) is 0.400. The van der Waals surface area contributed by atoms with E-state index in [2.05, 4.69) is 35.8 Å². The third kappa shape index (κ3) is 1.81. The molecule has 0 bridgehead atoms. The van der Waals surface area contributed by atoms with Gasteiger partial charge in [0.1, 0.15) is 5.75 Å². The van der Waals surface area contributed by atoms with Gasteiger partial charge in [-0.05, 0) is 33.5 Å². The van der Waals surface area contributed by atoms with Crippen molar-refractivity contribution in [2.45, 2.75) is 19.8 Å². The number of rotatable bonds is 2. The molecule has 0 heterocycles. The van der Waals surface area contributed by atoms with E-state index in [9.17, 15) is 0 Å². The molecule has 66 valence electrons. The Hall–Kier alpha value is -0.500. The van der Waals surface area contributed by atoms with Gasteiger partial charge in [0.25, 0.3) is 0 Å². The highest BCUT2D eigenvalue weighted by Crippen LogP contribution is 2.32. The highest BCUT2D eigenvalue weighted by atomic mass is 79.9. The molecule has 1 rings (SSSR count). The molecule has 0 aliphatic carbocycles. The number of methoxy groups -OCH3 is 1. The van der Waals surface area contributed by atoms with Gasteiger partial charge in [-0.3, -0.25) is 0 Å². The van der Waals surface area contributed by atoms with Crippen molar-refractivity contribution in [1.82, 2.24) is 0 Å². The van der Waals surface area contributed by atoms with Gasteiger partial charge in [-0.15, -0.1) is 0 Å². The summed E-state index contributed by atoms with van der Waals surface area (Å²) in [6.07, 6.45) is 0. The maximum absolute atomic E-state index is 5.19. The molecule has 0 unspecified atom stereocenters. The SMILES string of the molecule is COc1cccc(C(C)C)c1Br. The summed E-state index contributed by atoms with van der Waals surface area (Å²) in [5.74, 6) is 1.43. The lowest BCUT2D eigenvalue weighted by molar-refractivity contribution is 0.411. The molecule has 0 saturated carbocycles. The zero-order chi connectivity index (χ0) is 9.14. The highest BCUT2D eigenvalue weighted by Gasteiger charge is 2.07. The first-order chi connectivity index (χ1) is 5.66. The maximum atomic E-state index is 5.19. The molecule has 0 aromatic heterocycles. The van der Waals surface area contributed by atoms with Gasteiger partial charge in [0.2, 0.25) is 0 Å². The van der Waals surface area contributed by atoms with Crippen molar-refractivity contribution in [3.63, 3.8) is 0 Å². The fourth-order valence-corrected chi connectivity index (χ4v) is 2.02. The standard InChI is InChI=1S/C10H13BrO/c1-7(2)8-5-4-6-9(12-3)10(8)11/h4-7H,1-3H3. The zero-order valence-corrected chi connectivity index (χ0v) is 9.18. The van der Waals surface area contributed by atoms with E-state index in [0.29, 0.717) is 5.92 Å². The normalized spacial score (nSPS) is 10.4. The van der Waals surface area contributed by atoms with Crippen molar-refractivity contribution < 1.29 is 4.74 Å². The molecule has 1 aromatic rings. The molecule has 1 nitrogen and oxygen atoms in total. The van der Waals surface area contributed by atoms with Gasteiger partial charge >= 0.3 is 0 Å². The lowest BCUT2D eigenvalue weighted by atomic mass is 10.0. The first-order valence-corrected chi connectivity index (χ1v) is 4.78. The van der Waals surface area contributed by atoms with E-state index in [4.69, 9.17) is 4.74 Å². The minimum Gasteiger partial charge on any atom is -0.496 e. The largest absolute Gasteiger partial charge is 0.496 e. The van der Waals surface area contributed by atoms with Crippen LogP contribution in [-0.2, 0) is 0 Å². The maximum Gasteiger partial charge on any atom is 0.133 e. The van der Waals surface area contributed by atoms with Crippen LogP contribution in [0.4, 0.5) is 0 Å². The molecule has 0 saturated heterocycles. The van der Waals surface area contributed by atoms with Crippen LogP contribution in [0.2, 0.25) is 0 Å². The van der Waals surface area contributed by atoms with Gasteiger partial charge in [0.15, 0.2) is 0 Å². The third-order valence-electron chi connectivity index (χ3n) is 1.84. The molecule has 0 atom stereocenters. The lowest BCUT2D eigenvalue weighted by Crippen LogP contribution is -1.92. The Morgan fingerprint density at radius 2 is 2.00 bits per heavy atom. The lowest BCUT2D eigenvalue weighted by Gasteiger charge is -2.10. The highest BCUT2D eigenvalue weighted by molar-refractivity contribution is 9.10. The quantitative estimate of drug-likeness (QED) is 0.753. The molecule has 0 N–H and O–H groups in total. The molecular weight excluding hydrogens is 216 g/mol. The van der Waals surface area contributed by atoms with Crippen molar-refractivity contribution in [1.29, 1.82) is 0 Å². The van der Waals surface area contributed by atoms with Gasteiger partial charge in [-0.1, -0.05) is 26.0 Å². The summed E-state index contributed by atoms with van der Waals surface area (Å²) >= 11 is 3.52. The molecule has 1 aromatic carbocycles. The average molecular weight is 229 g/mol. The topological polar surface area (TPSA) is 9.23 Å². The summed E-state index contributed by atoms with van der Waals surface area (Å²) in [6.45, 7) is 4.33. The molecule has 0 spiro atoms. The molecule has 0 aliphatic rings. The van der Waals surface area contributed by atoms with Gasteiger partial charge in [0.05, 0.1) is 11.6 Å². The van der Waals surface area contributed by atoms with Gasteiger partial charge in [0, 0.05) is 0 Å². The van der Waals surface area contributed by atoms with Crippen LogP contribution in [0.3, 0.4) is 0 Å². The van der Waals surface area contributed by atoms with E-state index < -0.39 is 0 Å². The Morgan fingerprint density at radius 3 is 2.50 bits per heavy atom. The van der Waals surface area contributed by atoms with Crippen LogP contribution < -0.4 is 4.74 Å². The van der Waals surface area contributed by atoms with E-state index >= 15 is 0 Å². The second-order valence-corrected chi connectivity index (χ2v) is 3.81. The van der Waals surface area contributed by atoms with Crippen molar-refractivity contribution in [3.8, 4) is 5.75 Å². The summed E-state index contributed by atoms with van der Waals surface area (Å²) in [5, 5.41) is 0. The van der Waals surface area contributed by atoms with Gasteiger partial charge in [-0.25, -0.2) is 0 Å². The third-order valence-corrected chi connectivity index (χ3v) is 2.68. The van der Waals surface area contributed by atoms with Crippen molar-refractivity contribution >= 4 is 15.9 Å². The van der Waals surface area contributed by atoms with Crippen molar-refractivity contribution in [2.75, 3.05) is 7.11 Å². The summed E-state index contributed by atoms with van der Waals surface area (Å²) in [7, 11) is 1.68. The molecule has 0 radical (unpaired) electrons.